The zero-order chi connectivity index (χ0) is 14.1. The molecule has 1 heterocycles. The summed E-state index contributed by atoms with van der Waals surface area (Å²) < 4.78 is 2.17. The molecule has 3 aromatic rings. The van der Waals surface area contributed by atoms with Crippen molar-refractivity contribution in [2.45, 2.75) is 18.8 Å². The van der Waals surface area contributed by atoms with Gasteiger partial charge in [-0.25, -0.2) is 4.98 Å². The average Bonchev–Trinajstić information content (AvgIpc) is 2.84. The van der Waals surface area contributed by atoms with Gasteiger partial charge in [-0.1, -0.05) is 41.9 Å². The number of nitrogens with zero attached hydrogens (tertiary/aromatic N) is 2. The van der Waals surface area contributed by atoms with E-state index in [0.717, 1.165) is 16.9 Å². The van der Waals surface area contributed by atoms with Gasteiger partial charge in [-0.3, -0.25) is 0 Å². The van der Waals surface area contributed by atoms with Crippen LogP contribution in [0.25, 0.3) is 11.0 Å². The number of alkyl halides is 1. The summed E-state index contributed by atoms with van der Waals surface area (Å²) in [5.41, 5.74) is 3.17. The third-order valence-electron chi connectivity index (χ3n) is 3.51. The Morgan fingerprint density at radius 3 is 2.60 bits per heavy atom. The Labute approximate surface area is 128 Å². The molecular weight excluding hydrogens is 291 g/mol. The van der Waals surface area contributed by atoms with Crippen LogP contribution in [-0.4, -0.2) is 9.55 Å². The first-order valence-electron chi connectivity index (χ1n) is 6.48. The Balaban J connectivity index is 2.19. The molecule has 0 radical (unpaired) electrons. The van der Waals surface area contributed by atoms with Crippen molar-refractivity contribution in [3.05, 3.63) is 64.9 Å². The lowest BCUT2D eigenvalue weighted by molar-refractivity contribution is 0.634. The van der Waals surface area contributed by atoms with E-state index >= 15 is 0 Å². The van der Waals surface area contributed by atoms with Gasteiger partial charge in [0, 0.05) is 5.02 Å². The SMILES string of the molecule is CC(c1ccccc1)n1c(CCl)nc2cc(Cl)ccc21. The van der Waals surface area contributed by atoms with Gasteiger partial charge in [0.05, 0.1) is 23.0 Å². The fraction of sp³-hybridized carbons (Fsp3) is 0.188. The van der Waals surface area contributed by atoms with E-state index in [2.05, 4.69) is 28.6 Å². The fourth-order valence-electron chi connectivity index (χ4n) is 2.53. The highest BCUT2D eigenvalue weighted by Gasteiger charge is 2.16. The Kier molecular flexibility index (Phi) is 3.68. The minimum absolute atomic E-state index is 0.177. The summed E-state index contributed by atoms with van der Waals surface area (Å²) in [4.78, 5) is 4.59. The lowest BCUT2D eigenvalue weighted by Gasteiger charge is -2.17. The number of rotatable bonds is 3. The van der Waals surface area contributed by atoms with Crippen LogP contribution in [0.4, 0.5) is 0 Å². The van der Waals surface area contributed by atoms with Crippen LogP contribution < -0.4 is 0 Å². The van der Waals surface area contributed by atoms with Crippen LogP contribution in [0.15, 0.2) is 48.5 Å². The molecule has 102 valence electrons. The van der Waals surface area contributed by atoms with Crippen LogP contribution in [0, 0.1) is 0 Å². The summed E-state index contributed by atoms with van der Waals surface area (Å²) in [5, 5.41) is 0.690. The van der Waals surface area contributed by atoms with Gasteiger partial charge in [0.1, 0.15) is 5.82 Å². The van der Waals surface area contributed by atoms with Crippen molar-refractivity contribution < 1.29 is 0 Å². The molecule has 0 amide bonds. The molecule has 0 saturated heterocycles. The number of benzene rings is 2. The monoisotopic (exact) mass is 304 g/mol. The number of hydrogen-bond acceptors (Lipinski definition) is 1. The van der Waals surface area contributed by atoms with Crippen molar-refractivity contribution in [2.75, 3.05) is 0 Å². The zero-order valence-electron chi connectivity index (χ0n) is 11.1. The highest BCUT2D eigenvalue weighted by molar-refractivity contribution is 6.31. The molecule has 2 aromatic carbocycles. The lowest BCUT2D eigenvalue weighted by atomic mass is 10.1. The van der Waals surface area contributed by atoms with Crippen molar-refractivity contribution in [1.29, 1.82) is 0 Å². The minimum Gasteiger partial charge on any atom is -0.320 e. The normalized spacial score (nSPS) is 12.8. The van der Waals surface area contributed by atoms with Crippen molar-refractivity contribution >= 4 is 34.2 Å². The average molecular weight is 305 g/mol. The van der Waals surface area contributed by atoms with Crippen LogP contribution in [0.3, 0.4) is 0 Å². The van der Waals surface area contributed by atoms with Crippen LogP contribution in [0.2, 0.25) is 5.02 Å². The molecule has 0 bridgehead atoms. The highest BCUT2D eigenvalue weighted by Crippen LogP contribution is 2.28. The van der Waals surface area contributed by atoms with E-state index in [1.165, 1.54) is 5.56 Å². The smallest absolute Gasteiger partial charge is 0.125 e. The largest absolute Gasteiger partial charge is 0.320 e. The van der Waals surface area contributed by atoms with E-state index in [-0.39, 0.29) is 6.04 Å². The molecule has 0 aliphatic rings. The van der Waals surface area contributed by atoms with Crippen LogP contribution in [0.1, 0.15) is 24.4 Å². The number of aromatic nitrogens is 2. The standard InChI is InChI=1S/C16H14Cl2N2/c1-11(12-5-3-2-4-6-12)20-15-8-7-13(18)9-14(15)19-16(20)10-17/h2-9,11H,10H2,1H3. The third kappa shape index (κ3) is 2.30. The number of fused-ring (bicyclic) bond motifs is 1. The Morgan fingerprint density at radius 2 is 1.90 bits per heavy atom. The van der Waals surface area contributed by atoms with Crippen molar-refractivity contribution in [1.82, 2.24) is 9.55 Å². The third-order valence-corrected chi connectivity index (χ3v) is 3.99. The van der Waals surface area contributed by atoms with Gasteiger partial charge in [0.2, 0.25) is 0 Å². The van der Waals surface area contributed by atoms with Gasteiger partial charge in [-0.15, -0.1) is 11.6 Å². The maximum Gasteiger partial charge on any atom is 0.125 e. The molecular formula is C16H14Cl2N2. The minimum atomic E-state index is 0.177. The second kappa shape index (κ2) is 5.47. The van der Waals surface area contributed by atoms with E-state index in [4.69, 9.17) is 23.2 Å². The van der Waals surface area contributed by atoms with Crippen LogP contribution in [-0.2, 0) is 5.88 Å². The molecule has 1 unspecified atom stereocenters. The molecule has 4 heteroatoms. The highest BCUT2D eigenvalue weighted by atomic mass is 35.5. The van der Waals surface area contributed by atoms with E-state index in [1.807, 2.05) is 36.4 Å². The first-order chi connectivity index (χ1) is 9.70. The van der Waals surface area contributed by atoms with Crippen molar-refractivity contribution in [3.63, 3.8) is 0 Å². The topological polar surface area (TPSA) is 17.8 Å². The van der Waals surface area contributed by atoms with E-state index in [0.29, 0.717) is 10.9 Å². The predicted octanol–water partition coefficient (Wildman–Crippen LogP) is 5.04. The van der Waals surface area contributed by atoms with Crippen molar-refractivity contribution in [3.8, 4) is 0 Å². The molecule has 20 heavy (non-hydrogen) atoms. The molecule has 0 N–H and O–H groups in total. The quantitative estimate of drug-likeness (QED) is 0.620. The summed E-state index contributed by atoms with van der Waals surface area (Å²) >= 11 is 12.1. The zero-order valence-corrected chi connectivity index (χ0v) is 12.6. The molecule has 2 nitrogen and oxygen atoms in total. The molecule has 0 spiro atoms. The van der Waals surface area contributed by atoms with Crippen LogP contribution in [0.5, 0.6) is 0 Å². The Bertz CT molecular complexity index is 735. The lowest BCUT2D eigenvalue weighted by Crippen LogP contribution is -2.09. The molecule has 1 atom stereocenters. The maximum atomic E-state index is 6.06. The molecule has 0 aliphatic carbocycles. The second-order valence-corrected chi connectivity index (χ2v) is 5.46. The van der Waals surface area contributed by atoms with Gasteiger partial charge in [-0.2, -0.15) is 0 Å². The van der Waals surface area contributed by atoms with E-state index < -0.39 is 0 Å². The number of hydrogen-bond donors (Lipinski definition) is 0. The number of imidazole rings is 1. The molecule has 0 saturated carbocycles. The van der Waals surface area contributed by atoms with Crippen LogP contribution >= 0.6 is 23.2 Å². The second-order valence-electron chi connectivity index (χ2n) is 4.75. The van der Waals surface area contributed by atoms with Gasteiger partial charge in [0.15, 0.2) is 0 Å². The van der Waals surface area contributed by atoms with E-state index in [9.17, 15) is 0 Å². The molecule has 0 aliphatic heterocycles. The summed E-state index contributed by atoms with van der Waals surface area (Å²) in [6, 6.07) is 16.3. The molecule has 0 fully saturated rings. The molecule has 3 rings (SSSR count). The summed E-state index contributed by atoms with van der Waals surface area (Å²) in [6.07, 6.45) is 0. The Morgan fingerprint density at radius 1 is 1.15 bits per heavy atom. The summed E-state index contributed by atoms with van der Waals surface area (Å²) in [7, 11) is 0. The summed E-state index contributed by atoms with van der Waals surface area (Å²) in [6.45, 7) is 2.15. The van der Waals surface area contributed by atoms with E-state index in [1.54, 1.807) is 0 Å². The van der Waals surface area contributed by atoms with Gasteiger partial charge >= 0.3 is 0 Å². The molecule has 1 aromatic heterocycles. The Hall–Kier alpha value is -1.51. The fourth-order valence-corrected chi connectivity index (χ4v) is 2.88. The van der Waals surface area contributed by atoms with Gasteiger partial charge < -0.3 is 4.57 Å². The number of halogens is 2. The van der Waals surface area contributed by atoms with Gasteiger partial charge in [-0.05, 0) is 30.7 Å². The first kappa shape index (κ1) is 13.5. The maximum absolute atomic E-state index is 6.06. The van der Waals surface area contributed by atoms with Gasteiger partial charge in [0.25, 0.3) is 0 Å². The predicted molar refractivity (Wildman–Crippen MR) is 84.6 cm³/mol. The van der Waals surface area contributed by atoms with Crippen molar-refractivity contribution in [2.24, 2.45) is 0 Å². The first-order valence-corrected chi connectivity index (χ1v) is 7.39. The summed E-state index contributed by atoms with van der Waals surface area (Å²) in [5.74, 6) is 1.24.